The van der Waals surface area contributed by atoms with Crippen LogP contribution in [0.5, 0.6) is 0 Å². The van der Waals surface area contributed by atoms with E-state index in [0.29, 0.717) is 19.8 Å². The number of benzene rings is 1. The lowest BCUT2D eigenvalue weighted by atomic mass is 9.97. The first-order chi connectivity index (χ1) is 10.4. The lowest BCUT2D eigenvalue weighted by Gasteiger charge is -2.22. The molecule has 0 bridgehead atoms. The van der Waals surface area contributed by atoms with Gasteiger partial charge in [-0.3, -0.25) is 4.79 Å². The zero-order valence-corrected chi connectivity index (χ0v) is 12.5. The third-order valence-corrected chi connectivity index (χ3v) is 3.98. The smallest absolute Gasteiger partial charge is 0.381 e. The summed E-state index contributed by atoms with van der Waals surface area (Å²) in [5.74, 6) is -0.0540. The summed E-state index contributed by atoms with van der Waals surface area (Å²) in [6.07, 6.45) is -2.87. The van der Waals surface area contributed by atoms with Crippen molar-refractivity contribution < 1.29 is 22.7 Å². The van der Waals surface area contributed by atoms with Crippen LogP contribution in [0.3, 0.4) is 0 Å². The number of hydrogen-bond acceptors (Lipinski definition) is 2. The number of alkyl halides is 3. The van der Waals surface area contributed by atoms with Crippen molar-refractivity contribution in [2.75, 3.05) is 19.8 Å². The Kier molecular flexibility index (Phi) is 5.45. The van der Waals surface area contributed by atoms with E-state index in [1.54, 1.807) is 0 Å². The van der Waals surface area contributed by atoms with Crippen LogP contribution in [-0.2, 0) is 15.7 Å². The van der Waals surface area contributed by atoms with E-state index < -0.39 is 11.7 Å². The molecule has 1 aromatic carbocycles. The zero-order valence-electron chi connectivity index (χ0n) is 12.5. The van der Waals surface area contributed by atoms with Crippen LogP contribution in [0.4, 0.5) is 13.2 Å². The fourth-order valence-corrected chi connectivity index (χ4v) is 2.48. The van der Waals surface area contributed by atoms with Gasteiger partial charge >= 0.3 is 6.18 Å². The second kappa shape index (κ2) is 7.13. The van der Waals surface area contributed by atoms with Gasteiger partial charge in [0.05, 0.1) is 5.56 Å². The molecular formula is C16H20F3NO2. The monoisotopic (exact) mass is 315 g/mol. The topological polar surface area (TPSA) is 38.3 Å². The summed E-state index contributed by atoms with van der Waals surface area (Å²) in [7, 11) is 0. The highest BCUT2D eigenvalue weighted by molar-refractivity contribution is 5.78. The van der Waals surface area contributed by atoms with Gasteiger partial charge in [-0.25, -0.2) is 0 Å². The van der Waals surface area contributed by atoms with Crippen LogP contribution >= 0.6 is 0 Å². The molecule has 1 N–H and O–H groups in total. The summed E-state index contributed by atoms with van der Waals surface area (Å²) in [6.45, 7) is 3.51. The first-order valence-corrected chi connectivity index (χ1v) is 7.40. The molecule has 22 heavy (non-hydrogen) atoms. The Morgan fingerprint density at radius 2 is 1.86 bits per heavy atom. The minimum Gasteiger partial charge on any atom is -0.381 e. The highest BCUT2D eigenvalue weighted by Gasteiger charge is 2.30. The predicted octanol–water partition coefficient (Wildman–Crippen LogP) is 3.35. The number of nitrogens with one attached hydrogen (secondary N) is 1. The van der Waals surface area contributed by atoms with Crippen LogP contribution < -0.4 is 5.32 Å². The Balaban J connectivity index is 1.86. The van der Waals surface area contributed by atoms with Crippen LogP contribution in [-0.4, -0.2) is 25.7 Å². The molecule has 0 spiro atoms. The van der Waals surface area contributed by atoms with Gasteiger partial charge in [-0.1, -0.05) is 19.1 Å². The summed E-state index contributed by atoms with van der Waals surface area (Å²) in [5, 5.41) is 2.88. The minimum atomic E-state index is -4.32. The van der Waals surface area contributed by atoms with Crippen molar-refractivity contribution in [3.05, 3.63) is 35.4 Å². The maximum atomic E-state index is 12.5. The van der Waals surface area contributed by atoms with E-state index in [0.717, 1.165) is 30.5 Å². The molecular weight excluding hydrogens is 295 g/mol. The van der Waals surface area contributed by atoms with Crippen molar-refractivity contribution in [1.82, 2.24) is 5.32 Å². The van der Waals surface area contributed by atoms with E-state index in [2.05, 4.69) is 5.32 Å². The van der Waals surface area contributed by atoms with Crippen LogP contribution in [0.25, 0.3) is 0 Å². The van der Waals surface area contributed by atoms with E-state index in [-0.39, 0.29) is 17.7 Å². The molecule has 1 fully saturated rings. The molecule has 0 aliphatic carbocycles. The number of hydrogen-bond donors (Lipinski definition) is 1. The number of carbonyl (C=O) groups excluding carboxylic acids is 1. The SMILES string of the molecule is C[C@@H](CNC(=O)C1CCOCC1)c1ccc(C(F)(F)F)cc1. The molecule has 3 nitrogen and oxygen atoms in total. The summed E-state index contributed by atoms with van der Waals surface area (Å²) >= 11 is 0. The van der Waals surface area contributed by atoms with Gasteiger partial charge in [0, 0.05) is 25.7 Å². The first-order valence-electron chi connectivity index (χ1n) is 7.40. The molecule has 1 atom stereocenters. The van der Waals surface area contributed by atoms with E-state index >= 15 is 0 Å². The van der Waals surface area contributed by atoms with E-state index in [1.165, 1.54) is 12.1 Å². The summed E-state index contributed by atoms with van der Waals surface area (Å²) in [4.78, 5) is 12.0. The van der Waals surface area contributed by atoms with Crippen molar-refractivity contribution in [3.8, 4) is 0 Å². The molecule has 1 saturated heterocycles. The Morgan fingerprint density at radius 1 is 1.27 bits per heavy atom. The third-order valence-electron chi connectivity index (χ3n) is 3.98. The number of amides is 1. The average Bonchev–Trinajstić information content (AvgIpc) is 2.52. The number of ether oxygens (including phenoxy) is 1. The van der Waals surface area contributed by atoms with Gasteiger partial charge in [-0.15, -0.1) is 0 Å². The third kappa shape index (κ3) is 4.47. The number of carbonyl (C=O) groups is 1. The first kappa shape index (κ1) is 16.8. The number of rotatable bonds is 4. The van der Waals surface area contributed by atoms with Gasteiger partial charge in [0.25, 0.3) is 0 Å². The largest absolute Gasteiger partial charge is 0.416 e. The maximum Gasteiger partial charge on any atom is 0.416 e. The molecule has 0 saturated carbocycles. The molecule has 0 aromatic heterocycles. The van der Waals surface area contributed by atoms with Gasteiger partial charge in [-0.2, -0.15) is 13.2 Å². The second-order valence-electron chi connectivity index (χ2n) is 5.65. The molecule has 0 unspecified atom stereocenters. The molecule has 1 aliphatic rings. The fourth-order valence-electron chi connectivity index (χ4n) is 2.48. The molecule has 122 valence electrons. The van der Waals surface area contributed by atoms with Gasteiger partial charge in [0.2, 0.25) is 5.91 Å². The van der Waals surface area contributed by atoms with E-state index in [4.69, 9.17) is 4.74 Å². The van der Waals surface area contributed by atoms with Crippen LogP contribution in [0, 0.1) is 5.92 Å². The van der Waals surface area contributed by atoms with Crippen molar-refractivity contribution in [2.45, 2.75) is 31.9 Å². The average molecular weight is 315 g/mol. The predicted molar refractivity (Wildman–Crippen MR) is 76.4 cm³/mol. The maximum absolute atomic E-state index is 12.5. The summed E-state index contributed by atoms with van der Waals surface area (Å²) in [5.41, 5.74) is 0.120. The Morgan fingerprint density at radius 3 is 2.41 bits per heavy atom. The van der Waals surface area contributed by atoms with Crippen molar-refractivity contribution in [3.63, 3.8) is 0 Å². The molecule has 1 aliphatic heterocycles. The Hall–Kier alpha value is -1.56. The van der Waals surface area contributed by atoms with Gasteiger partial charge < -0.3 is 10.1 Å². The van der Waals surface area contributed by atoms with Crippen LogP contribution in [0.1, 0.15) is 36.8 Å². The Labute approximate surface area is 127 Å². The molecule has 1 heterocycles. The van der Waals surface area contributed by atoms with Gasteiger partial charge in [0.1, 0.15) is 0 Å². The van der Waals surface area contributed by atoms with Crippen LogP contribution in [0.15, 0.2) is 24.3 Å². The van der Waals surface area contributed by atoms with Crippen molar-refractivity contribution in [2.24, 2.45) is 5.92 Å². The summed E-state index contributed by atoms with van der Waals surface area (Å²) < 4.78 is 42.8. The van der Waals surface area contributed by atoms with E-state index in [1.807, 2.05) is 6.92 Å². The Bertz CT molecular complexity index is 493. The highest BCUT2D eigenvalue weighted by Crippen LogP contribution is 2.30. The number of halogens is 3. The normalized spacial score (nSPS) is 18.0. The molecule has 1 amide bonds. The molecule has 0 radical (unpaired) electrons. The van der Waals surface area contributed by atoms with Crippen molar-refractivity contribution in [1.29, 1.82) is 0 Å². The minimum absolute atomic E-state index is 0.00191. The lowest BCUT2D eigenvalue weighted by Crippen LogP contribution is -2.36. The van der Waals surface area contributed by atoms with Crippen LogP contribution in [0.2, 0.25) is 0 Å². The summed E-state index contributed by atoms with van der Waals surface area (Å²) in [6, 6.07) is 5.08. The standard InChI is InChI=1S/C16H20F3NO2/c1-11(10-20-15(21)13-6-8-22-9-7-13)12-2-4-14(5-3-12)16(17,18)19/h2-5,11,13H,6-10H2,1H3,(H,20,21)/t11-/m0/s1. The fraction of sp³-hybridized carbons (Fsp3) is 0.562. The highest BCUT2D eigenvalue weighted by atomic mass is 19.4. The molecule has 2 rings (SSSR count). The van der Waals surface area contributed by atoms with Gasteiger partial charge in [0.15, 0.2) is 0 Å². The second-order valence-corrected chi connectivity index (χ2v) is 5.65. The van der Waals surface area contributed by atoms with E-state index in [9.17, 15) is 18.0 Å². The molecule has 6 heteroatoms. The van der Waals surface area contributed by atoms with Crippen molar-refractivity contribution >= 4 is 5.91 Å². The molecule has 1 aromatic rings. The van der Waals surface area contributed by atoms with Gasteiger partial charge in [-0.05, 0) is 36.5 Å². The lowest BCUT2D eigenvalue weighted by molar-refractivity contribution is -0.137. The quantitative estimate of drug-likeness (QED) is 0.925. The zero-order chi connectivity index (χ0) is 16.2.